The van der Waals surface area contributed by atoms with Crippen LogP contribution in [0.25, 0.3) is 0 Å². The van der Waals surface area contributed by atoms with Crippen LogP contribution in [0.15, 0.2) is 53.4 Å². The second kappa shape index (κ2) is 7.53. The summed E-state index contributed by atoms with van der Waals surface area (Å²) in [5.41, 5.74) is 1.83. The molecule has 1 aliphatic heterocycles. The lowest BCUT2D eigenvalue weighted by atomic mass is 10.2. The SMILES string of the molecule is O=S(=O)(c1ccc(NCc2ccccc2Cl)cc1)N1CCOCC1. The maximum absolute atomic E-state index is 12.6. The number of halogens is 1. The van der Waals surface area contributed by atoms with E-state index in [1.54, 1.807) is 24.3 Å². The summed E-state index contributed by atoms with van der Waals surface area (Å²) in [6.07, 6.45) is 0. The van der Waals surface area contributed by atoms with Gasteiger partial charge in [0.15, 0.2) is 0 Å². The topological polar surface area (TPSA) is 58.6 Å². The Morgan fingerprint density at radius 3 is 2.38 bits per heavy atom. The van der Waals surface area contributed by atoms with Crippen molar-refractivity contribution in [2.24, 2.45) is 0 Å². The first-order chi connectivity index (χ1) is 11.6. The number of nitrogens with zero attached hydrogens (tertiary/aromatic N) is 1. The minimum atomic E-state index is -3.45. The van der Waals surface area contributed by atoms with Gasteiger partial charge >= 0.3 is 0 Å². The lowest BCUT2D eigenvalue weighted by molar-refractivity contribution is 0.0730. The Kier molecular flexibility index (Phi) is 5.40. The van der Waals surface area contributed by atoms with E-state index in [4.69, 9.17) is 16.3 Å². The predicted molar refractivity (Wildman–Crippen MR) is 94.8 cm³/mol. The second-order valence-corrected chi connectivity index (χ2v) is 7.83. The van der Waals surface area contributed by atoms with E-state index in [0.717, 1.165) is 11.3 Å². The third-order valence-electron chi connectivity index (χ3n) is 3.90. The summed E-state index contributed by atoms with van der Waals surface area (Å²) in [6.45, 7) is 2.26. The lowest BCUT2D eigenvalue weighted by Crippen LogP contribution is -2.40. The maximum Gasteiger partial charge on any atom is 0.243 e. The molecule has 128 valence electrons. The molecule has 0 atom stereocenters. The number of anilines is 1. The van der Waals surface area contributed by atoms with Crippen molar-refractivity contribution in [1.82, 2.24) is 4.31 Å². The lowest BCUT2D eigenvalue weighted by Gasteiger charge is -2.26. The summed E-state index contributed by atoms with van der Waals surface area (Å²) < 4.78 is 31.8. The Labute approximate surface area is 147 Å². The van der Waals surface area contributed by atoms with Gasteiger partial charge in [0, 0.05) is 30.3 Å². The highest BCUT2D eigenvalue weighted by Gasteiger charge is 2.25. The van der Waals surface area contributed by atoms with Gasteiger partial charge in [-0.3, -0.25) is 0 Å². The van der Waals surface area contributed by atoms with E-state index in [1.807, 2.05) is 24.3 Å². The van der Waals surface area contributed by atoms with E-state index in [9.17, 15) is 8.42 Å². The molecule has 1 fully saturated rings. The van der Waals surface area contributed by atoms with E-state index in [1.165, 1.54) is 4.31 Å². The molecule has 1 saturated heterocycles. The van der Waals surface area contributed by atoms with Gasteiger partial charge in [0.25, 0.3) is 0 Å². The molecule has 1 aliphatic rings. The van der Waals surface area contributed by atoms with Crippen molar-refractivity contribution in [3.63, 3.8) is 0 Å². The van der Waals surface area contributed by atoms with E-state index in [-0.39, 0.29) is 0 Å². The van der Waals surface area contributed by atoms with Crippen LogP contribution in [0, 0.1) is 0 Å². The van der Waals surface area contributed by atoms with Crippen molar-refractivity contribution in [2.75, 3.05) is 31.6 Å². The average molecular weight is 367 g/mol. The molecule has 2 aromatic rings. The van der Waals surface area contributed by atoms with Crippen molar-refractivity contribution >= 4 is 27.3 Å². The van der Waals surface area contributed by atoms with Crippen LogP contribution in [0.4, 0.5) is 5.69 Å². The number of ether oxygens (including phenoxy) is 1. The summed E-state index contributed by atoms with van der Waals surface area (Å²) in [6, 6.07) is 14.4. The van der Waals surface area contributed by atoms with Gasteiger partial charge in [0.05, 0.1) is 18.1 Å². The van der Waals surface area contributed by atoms with Crippen molar-refractivity contribution in [1.29, 1.82) is 0 Å². The van der Waals surface area contributed by atoms with Crippen molar-refractivity contribution in [3.05, 3.63) is 59.1 Å². The average Bonchev–Trinajstić information content (AvgIpc) is 2.62. The molecule has 0 unspecified atom stereocenters. The van der Waals surface area contributed by atoms with Crippen molar-refractivity contribution in [3.8, 4) is 0 Å². The van der Waals surface area contributed by atoms with Crippen LogP contribution in [0.3, 0.4) is 0 Å². The second-order valence-electron chi connectivity index (χ2n) is 5.49. The molecule has 1 heterocycles. The molecule has 7 heteroatoms. The first kappa shape index (κ1) is 17.2. The molecule has 1 N–H and O–H groups in total. The van der Waals surface area contributed by atoms with Crippen LogP contribution in [-0.2, 0) is 21.3 Å². The molecule has 0 saturated carbocycles. The zero-order chi connectivity index (χ0) is 17.0. The Morgan fingerprint density at radius 1 is 1.04 bits per heavy atom. The number of nitrogens with one attached hydrogen (secondary N) is 1. The molecule has 0 aliphatic carbocycles. The molecule has 0 aromatic heterocycles. The summed E-state index contributed by atoms with van der Waals surface area (Å²) in [7, 11) is -3.45. The fourth-order valence-corrected chi connectivity index (χ4v) is 4.13. The van der Waals surface area contributed by atoms with Crippen LogP contribution in [0.1, 0.15) is 5.56 Å². The molecule has 24 heavy (non-hydrogen) atoms. The number of morpholine rings is 1. The molecular weight excluding hydrogens is 348 g/mol. The molecule has 2 aromatic carbocycles. The monoisotopic (exact) mass is 366 g/mol. The summed E-state index contributed by atoms with van der Waals surface area (Å²) in [5, 5.41) is 3.95. The number of sulfonamides is 1. The van der Waals surface area contributed by atoms with Gasteiger partial charge in [-0.1, -0.05) is 29.8 Å². The number of rotatable bonds is 5. The number of benzene rings is 2. The van der Waals surface area contributed by atoms with Crippen LogP contribution < -0.4 is 5.32 Å². The Hall–Kier alpha value is -1.60. The van der Waals surface area contributed by atoms with Gasteiger partial charge in [-0.15, -0.1) is 0 Å². The molecule has 0 bridgehead atoms. The molecule has 0 amide bonds. The minimum absolute atomic E-state index is 0.299. The number of hydrogen-bond acceptors (Lipinski definition) is 4. The Bertz CT molecular complexity index is 788. The highest BCUT2D eigenvalue weighted by molar-refractivity contribution is 7.89. The van der Waals surface area contributed by atoms with Crippen LogP contribution in [0.2, 0.25) is 5.02 Å². The summed E-state index contributed by atoms with van der Waals surface area (Å²) in [5.74, 6) is 0. The fraction of sp³-hybridized carbons (Fsp3) is 0.294. The predicted octanol–water partition coefficient (Wildman–Crippen LogP) is 2.97. The first-order valence-electron chi connectivity index (χ1n) is 7.72. The van der Waals surface area contributed by atoms with Crippen LogP contribution in [0.5, 0.6) is 0 Å². The first-order valence-corrected chi connectivity index (χ1v) is 9.54. The van der Waals surface area contributed by atoms with Crippen molar-refractivity contribution in [2.45, 2.75) is 11.4 Å². The largest absolute Gasteiger partial charge is 0.381 e. The van der Waals surface area contributed by atoms with Crippen LogP contribution in [-0.4, -0.2) is 39.0 Å². The van der Waals surface area contributed by atoms with Crippen molar-refractivity contribution < 1.29 is 13.2 Å². The third kappa shape index (κ3) is 3.89. The van der Waals surface area contributed by atoms with Gasteiger partial charge in [0.1, 0.15) is 0 Å². The highest BCUT2D eigenvalue weighted by atomic mass is 35.5. The van der Waals surface area contributed by atoms with E-state index >= 15 is 0 Å². The number of hydrogen-bond donors (Lipinski definition) is 1. The summed E-state index contributed by atoms with van der Waals surface area (Å²) >= 11 is 6.13. The third-order valence-corrected chi connectivity index (χ3v) is 6.18. The van der Waals surface area contributed by atoms with Crippen LogP contribution >= 0.6 is 11.6 Å². The fourth-order valence-electron chi connectivity index (χ4n) is 2.52. The zero-order valence-electron chi connectivity index (χ0n) is 13.1. The Morgan fingerprint density at radius 2 is 1.71 bits per heavy atom. The molecular formula is C17H19ClN2O3S. The van der Waals surface area contributed by atoms with Gasteiger partial charge < -0.3 is 10.1 Å². The smallest absolute Gasteiger partial charge is 0.243 e. The van der Waals surface area contributed by atoms with E-state index in [0.29, 0.717) is 42.8 Å². The van der Waals surface area contributed by atoms with E-state index < -0.39 is 10.0 Å². The van der Waals surface area contributed by atoms with Gasteiger partial charge in [-0.25, -0.2) is 8.42 Å². The zero-order valence-corrected chi connectivity index (χ0v) is 14.7. The molecule has 3 rings (SSSR count). The molecule has 0 radical (unpaired) electrons. The van der Waals surface area contributed by atoms with Gasteiger partial charge in [-0.2, -0.15) is 4.31 Å². The normalized spacial score (nSPS) is 16.0. The minimum Gasteiger partial charge on any atom is -0.381 e. The highest BCUT2D eigenvalue weighted by Crippen LogP contribution is 2.21. The Balaban J connectivity index is 1.68. The molecule has 0 spiro atoms. The van der Waals surface area contributed by atoms with Gasteiger partial charge in [-0.05, 0) is 35.9 Å². The molecule has 5 nitrogen and oxygen atoms in total. The standard InChI is InChI=1S/C17H19ClN2O3S/c18-17-4-2-1-3-14(17)13-19-15-5-7-16(8-6-15)24(21,22)20-9-11-23-12-10-20/h1-8,19H,9-13H2. The quantitative estimate of drug-likeness (QED) is 0.883. The van der Waals surface area contributed by atoms with Gasteiger partial charge in [0.2, 0.25) is 10.0 Å². The van der Waals surface area contributed by atoms with E-state index in [2.05, 4.69) is 5.32 Å². The summed E-state index contributed by atoms with van der Waals surface area (Å²) in [4.78, 5) is 0.299. The maximum atomic E-state index is 12.6.